The van der Waals surface area contributed by atoms with Gasteiger partial charge in [0, 0.05) is 38.6 Å². The standard InChI is InChI=1S/C19H20N6O.C15H12ClN5.C4H9NO/c1-2-6-17-15(4-1)21-13-24(17)14-25-18(12-23-8-10-26-11-9-23)22-16-5-3-7-20-19(16)25;16-8-14-19-12-5-3-7-17-15(12)21(14)10-20-9-18-11-4-1-2-6-13(11)20;1-3-6-4-2-5-1/h1-7,13H,8-12,14H2;1-7,9H,8,10H2;5H,1-4H2/p+2. The van der Waals surface area contributed by atoms with E-state index in [-0.39, 0.29) is 0 Å². The number of aromatic amines is 2. The second-order valence-corrected chi connectivity index (χ2v) is 13.1. The molecule has 6 aromatic heterocycles. The average Bonchev–Trinajstić information content (AvgIpc) is 4.01. The predicted molar refractivity (Wildman–Crippen MR) is 202 cm³/mol. The molecule has 10 rings (SSSR count). The van der Waals surface area contributed by atoms with Crippen molar-refractivity contribution in [1.29, 1.82) is 0 Å². The van der Waals surface area contributed by atoms with Crippen molar-refractivity contribution in [3.05, 3.63) is 109 Å². The Morgan fingerprint density at radius 3 is 1.70 bits per heavy atom. The normalized spacial score (nSPS) is 15.0. The Balaban J connectivity index is 0.000000133. The number of halogens is 1. The highest BCUT2D eigenvalue weighted by Gasteiger charge is 2.20. The molecule has 0 bridgehead atoms. The van der Waals surface area contributed by atoms with Crippen molar-refractivity contribution in [2.24, 2.45) is 0 Å². The van der Waals surface area contributed by atoms with Gasteiger partial charge in [0.25, 0.3) is 0 Å². The molecule has 2 fully saturated rings. The van der Waals surface area contributed by atoms with E-state index in [1.807, 2.05) is 65.9 Å². The summed E-state index contributed by atoms with van der Waals surface area (Å²) in [5, 5.41) is 3.16. The van der Waals surface area contributed by atoms with Crippen molar-refractivity contribution in [2.45, 2.75) is 25.8 Å². The van der Waals surface area contributed by atoms with Crippen LogP contribution in [-0.2, 0) is 35.2 Å². The van der Waals surface area contributed by atoms with Crippen LogP contribution in [0.5, 0.6) is 0 Å². The van der Waals surface area contributed by atoms with Crippen LogP contribution >= 0.6 is 11.6 Å². The fourth-order valence-corrected chi connectivity index (χ4v) is 6.87. The van der Waals surface area contributed by atoms with Crippen LogP contribution in [0.4, 0.5) is 0 Å². The van der Waals surface area contributed by atoms with Gasteiger partial charge in [-0.1, -0.05) is 24.3 Å². The average molecular weight is 735 g/mol. The number of benzene rings is 2. The number of aromatic nitrogens is 10. The fraction of sp³-hybridized carbons (Fsp3) is 0.316. The molecule has 0 unspecified atom stereocenters. The van der Waals surface area contributed by atoms with E-state index in [0.29, 0.717) is 19.2 Å². The van der Waals surface area contributed by atoms with Crippen LogP contribution in [0, 0.1) is 0 Å². The molecule has 53 heavy (non-hydrogen) atoms. The number of fused-ring (bicyclic) bond motifs is 4. The van der Waals surface area contributed by atoms with Crippen LogP contribution in [0.25, 0.3) is 44.4 Å². The summed E-state index contributed by atoms with van der Waals surface area (Å²) >= 11 is 6.03. The molecule has 2 aliphatic heterocycles. The van der Waals surface area contributed by atoms with E-state index in [4.69, 9.17) is 26.1 Å². The molecule has 14 nitrogen and oxygen atoms in total. The zero-order valence-electron chi connectivity index (χ0n) is 29.4. The summed E-state index contributed by atoms with van der Waals surface area (Å²) in [6, 6.07) is 24.3. The Morgan fingerprint density at radius 1 is 0.642 bits per heavy atom. The molecule has 0 aliphatic carbocycles. The lowest BCUT2D eigenvalue weighted by Crippen LogP contribution is -2.39. The molecule has 272 valence electrons. The van der Waals surface area contributed by atoms with E-state index < -0.39 is 0 Å². The number of ether oxygens (including phenoxy) is 2. The molecular formula is C38H43ClN12O2+2. The lowest BCUT2D eigenvalue weighted by Gasteiger charge is -2.26. The lowest BCUT2D eigenvalue weighted by atomic mass is 10.3. The first-order valence-corrected chi connectivity index (χ1v) is 18.4. The Labute approximate surface area is 311 Å². The summed E-state index contributed by atoms with van der Waals surface area (Å²) in [5.74, 6) is 2.22. The van der Waals surface area contributed by atoms with Gasteiger partial charge in [0.15, 0.2) is 46.7 Å². The Bertz CT molecular complexity index is 2400. The number of H-pyrrole nitrogens is 2. The van der Waals surface area contributed by atoms with Crippen molar-refractivity contribution >= 4 is 56.0 Å². The maximum atomic E-state index is 6.03. The van der Waals surface area contributed by atoms with Gasteiger partial charge >= 0.3 is 0 Å². The van der Waals surface area contributed by atoms with Gasteiger partial charge in [-0.15, -0.1) is 11.6 Å². The first-order valence-electron chi connectivity index (χ1n) is 17.9. The van der Waals surface area contributed by atoms with E-state index in [1.54, 1.807) is 6.20 Å². The number of nitrogens with one attached hydrogen (secondary N) is 3. The summed E-state index contributed by atoms with van der Waals surface area (Å²) < 4.78 is 19.1. The first-order chi connectivity index (χ1) is 26.2. The molecule has 2 saturated heterocycles. The van der Waals surface area contributed by atoms with Crippen molar-refractivity contribution in [2.75, 3.05) is 52.6 Å². The van der Waals surface area contributed by atoms with Gasteiger partial charge in [-0.3, -0.25) is 14.0 Å². The van der Waals surface area contributed by atoms with Crippen LogP contribution in [0.15, 0.2) is 97.8 Å². The Morgan fingerprint density at radius 2 is 1.17 bits per heavy atom. The molecule has 0 spiro atoms. The van der Waals surface area contributed by atoms with Gasteiger partial charge in [-0.2, -0.15) is 0 Å². The number of imidazole rings is 4. The molecule has 2 aromatic carbocycles. The summed E-state index contributed by atoms with van der Waals surface area (Å²) in [6.07, 6.45) is 7.58. The van der Waals surface area contributed by atoms with E-state index in [2.05, 4.69) is 79.2 Å². The van der Waals surface area contributed by atoms with E-state index in [1.165, 1.54) is 5.52 Å². The van der Waals surface area contributed by atoms with Crippen LogP contribution in [0.1, 0.15) is 11.6 Å². The van der Waals surface area contributed by atoms with Crippen LogP contribution in [0.3, 0.4) is 0 Å². The number of hydrogen-bond donors (Lipinski definition) is 3. The van der Waals surface area contributed by atoms with Crippen molar-refractivity contribution < 1.29 is 18.6 Å². The van der Waals surface area contributed by atoms with Crippen LogP contribution in [-0.4, -0.2) is 96.5 Å². The summed E-state index contributed by atoms with van der Waals surface area (Å²) in [4.78, 5) is 27.4. The topological polar surface area (TPSA) is 134 Å². The molecule has 0 radical (unpaired) electrons. The zero-order chi connectivity index (χ0) is 35.8. The molecule has 0 saturated carbocycles. The minimum absolute atomic E-state index is 0.360. The second kappa shape index (κ2) is 16.6. The second-order valence-electron chi connectivity index (χ2n) is 12.8. The monoisotopic (exact) mass is 734 g/mol. The summed E-state index contributed by atoms with van der Waals surface area (Å²) in [5.41, 5.74) is 8.12. The summed E-state index contributed by atoms with van der Waals surface area (Å²) in [6.45, 7) is 9.40. The van der Waals surface area contributed by atoms with Gasteiger partial charge in [-0.25, -0.2) is 39.0 Å². The maximum Gasteiger partial charge on any atom is 0.244 e. The third-order valence-corrected chi connectivity index (χ3v) is 9.61. The Kier molecular flexibility index (Phi) is 10.9. The first kappa shape index (κ1) is 34.8. The van der Waals surface area contributed by atoms with Crippen LogP contribution in [0.2, 0.25) is 0 Å². The summed E-state index contributed by atoms with van der Waals surface area (Å²) in [7, 11) is 0. The number of alkyl halides is 1. The molecule has 0 amide bonds. The molecule has 0 atom stereocenters. The van der Waals surface area contributed by atoms with Gasteiger partial charge in [-0.05, 0) is 48.5 Å². The highest BCUT2D eigenvalue weighted by molar-refractivity contribution is 6.16. The number of pyridine rings is 2. The van der Waals surface area contributed by atoms with Gasteiger partial charge in [0.05, 0.1) is 38.9 Å². The van der Waals surface area contributed by atoms with Crippen molar-refractivity contribution in [3.8, 4) is 0 Å². The maximum absolute atomic E-state index is 6.03. The minimum atomic E-state index is 0.360. The fourth-order valence-electron chi connectivity index (χ4n) is 6.67. The zero-order valence-corrected chi connectivity index (χ0v) is 30.2. The van der Waals surface area contributed by atoms with E-state index in [9.17, 15) is 0 Å². The predicted octanol–water partition coefficient (Wildman–Crippen LogP) is 3.59. The number of morpholine rings is 2. The number of nitrogens with zero attached hydrogens (tertiary/aromatic N) is 9. The Hall–Kier alpha value is -5.25. The highest BCUT2D eigenvalue weighted by Crippen LogP contribution is 2.17. The molecule has 15 heteroatoms. The van der Waals surface area contributed by atoms with Crippen molar-refractivity contribution in [1.82, 2.24) is 49.3 Å². The van der Waals surface area contributed by atoms with Crippen molar-refractivity contribution in [3.63, 3.8) is 0 Å². The van der Waals surface area contributed by atoms with Gasteiger partial charge < -0.3 is 14.8 Å². The number of para-hydroxylation sites is 4. The van der Waals surface area contributed by atoms with E-state index in [0.717, 1.165) is 110 Å². The van der Waals surface area contributed by atoms with Gasteiger partial charge in [0.2, 0.25) is 12.7 Å². The lowest BCUT2D eigenvalue weighted by molar-refractivity contribution is -0.675. The highest BCUT2D eigenvalue weighted by atomic mass is 35.5. The number of hydrogen-bond acceptors (Lipinski definition) is 8. The third kappa shape index (κ3) is 7.92. The third-order valence-electron chi connectivity index (χ3n) is 9.37. The quantitative estimate of drug-likeness (QED) is 0.167. The molecule has 2 aliphatic rings. The van der Waals surface area contributed by atoms with Gasteiger partial charge in [0.1, 0.15) is 22.7 Å². The minimum Gasteiger partial charge on any atom is -0.379 e. The molecule has 8 aromatic rings. The SMILES string of the molecule is C1COCCN1.ClCc1nc2cccnc2n1C[n+]1c[nH]c2ccccc21.c1cnc2c(c1)nc(CN1CCOCC1)n2C[n+]1c[nH]c2ccccc21. The van der Waals surface area contributed by atoms with E-state index >= 15 is 0 Å². The molecule has 3 N–H and O–H groups in total. The molecular weight excluding hydrogens is 692 g/mol. The smallest absolute Gasteiger partial charge is 0.244 e. The molecule has 8 heterocycles. The number of rotatable bonds is 7. The largest absolute Gasteiger partial charge is 0.379 e. The van der Waals surface area contributed by atoms with Crippen LogP contribution < -0.4 is 14.5 Å².